The van der Waals surface area contributed by atoms with Crippen molar-refractivity contribution in [3.05, 3.63) is 65.2 Å². The number of carbonyl (C=O) groups is 2. The van der Waals surface area contributed by atoms with E-state index in [1.54, 1.807) is 36.2 Å². The van der Waals surface area contributed by atoms with E-state index in [4.69, 9.17) is 21.1 Å². The molecule has 2 amide bonds. The van der Waals surface area contributed by atoms with Crippen LogP contribution in [0.25, 0.3) is 0 Å². The van der Waals surface area contributed by atoms with Crippen LogP contribution in [-0.2, 0) is 20.9 Å². The molecule has 2 aromatic carbocycles. The molecule has 2 aromatic rings. The summed E-state index contributed by atoms with van der Waals surface area (Å²) < 4.78 is 12.4. The largest absolute Gasteiger partial charge is 0.490 e. The second-order valence-corrected chi connectivity index (χ2v) is 10.9. The summed E-state index contributed by atoms with van der Waals surface area (Å²) in [6, 6.07) is 17.0. The third-order valence-electron chi connectivity index (χ3n) is 7.38. The number of hydrogen-bond donors (Lipinski definition) is 0. The number of halogens is 1. The molecule has 2 heterocycles. The van der Waals surface area contributed by atoms with Crippen molar-refractivity contribution in [1.82, 2.24) is 14.7 Å². The molecule has 0 spiro atoms. The highest BCUT2D eigenvalue weighted by Crippen LogP contribution is 2.28. The van der Waals surface area contributed by atoms with Gasteiger partial charge >= 0.3 is 0 Å². The van der Waals surface area contributed by atoms with Crippen LogP contribution in [0.5, 0.6) is 5.75 Å². The second kappa shape index (κ2) is 12.8. The number of likely N-dealkylation sites (tertiary alicyclic amines) is 1. The van der Waals surface area contributed by atoms with Gasteiger partial charge in [-0.25, -0.2) is 0 Å². The summed E-state index contributed by atoms with van der Waals surface area (Å²) in [5, 5.41) is 0.624. The van der Waals surface area contributed by atoms with E-state index in [2.05, 4.69) is 11.9 Å². The van der Waals surface area contributed by atoms with Crippen molar-refractivity contribution in [3.63, 3.8) is 0 Å². The lowest BCUT2D eigenvalue weighted by Gasteiger charge is -2.43. The van der Waals surface area contributed by atoms with Crippen LogP contribution in [0.1, 0.15) is 31.2 Å². The Bertz CT molecular complexity index is 1030. The number of morpholine rings is 1. The average molecular weight is 528 g/mol. The minimum Gasteiger partial charge on any atom is -0.490 e. The van der Waals surface area contributed by atoms with Crippen molar-refractivity contribution in [2.75, 3.05) is 53.5 Å². The van der Waals surface area contributed by atoms with E-state index in [1.165, 1.54) is 0 Å². The molecule has 0 unspecified atom stereocenters. The van der Waals surface area contributed by atoms with Crippen molar-refractivity contribution in [2.45, 2.75) is 37.8 Å². The van der Waals surface area contributed by atoms with Crippen LogP contribution in [-0.4, -0.2) is 85.6 Å². The van der Waals surface area contributed by atoms with Crippen LogP contribution < -0.4 is 4.74 Å². The predicted octanol–water partition coefficient (Wildman–Crippen LogP) is 4.10. The third kappa shape index (κ3) is 7.94. The van der Waals surface area contributed by atoms with Crippen LogP contribution in [0, 0.1) is 5.92 Å². The minimum atomic E-state index is -0.928. The van der Waals surface area contributed by atoms with Crippen molar-refractivity contribution in [2.24, 2.45) is 5.92 Å². The maximum absolute atomic E-state index is 13.4. The summed E-state index contributed by atoms with van der Waals surface area (Å²) in [5.41, 5.74) is 0.131. The van der Waals surface area contributed by atoms with Gasteiger partial charge in [0.25, 0.3) is 0 Å². The summed E-state index contributed by atoms with van der Waals surface area (Å²) in [4.78, 5) is 32.6. The Kier molecular flexibility index (Phi) is 9.46. The summed E-state index contributed by atoms with van der Waals surface area (Å²) in [5.74, 6) is 1.14. The van der Waals surface area contributed by atoms with E-state index in [1.807, 2.05) is 35.2 Å². The molecule has 0 N–H and O–H groups in total. The SMILES string of the molecule is CN1CCC(CC(=O)N2CCO[C@](COc3ccc(Cl)cc3)(CC(=O)N(C)Cc3ccccc3)C2)CC1. The van der Waals surface area contributed by atoms with Crippen LogP contribution >= 0.6 is 11.6 Å². The number of piperidine rings is 1. The van der Waals surface area contributed by atoms with E-state index < -0.39 is 5.60 Å². The Hall–Kier alpha value is -2.61. The lowest BCUT2D eigenvalue weighted by atomic mass is 9.92. The topological polar surface area (TPSA) is 62.3 Å². The van der Waals surface area contributed by atoms with Gasteiger partial charge in [0.15, 0.2) is 0 Å². The number of rotatable bonds is 9. The highest BCUT2D eigenvalue weighted by Gasteiger charge is 2.42. The molecule has 200 valence electrons. The van der Waals surface area contributed by atoms with Gasteiger partial charge < -0.3 is 24.2 Å². The summed E-state index contributed by atoms with van der Waals surface area (Å²) in [7, 11) is 3.93. The van der Waals surface area contributed by atoms with Crippen molar-refractivity contribution in [1.29, 1.82) is 0 Å². The molecule has 0 bridgehead atoms. The fourth-order valence-electron chi connectivity index (χ4n) is 5.05. The molecule has 0 radical (unpaired) electrons. The van der Waals surface area contributed by atoms with E-state index in [0.717, 1.165) is 31.5 Å². The summed E-state index contributed by atoms with van der Waals surface area (Å²) in [6.07, 6.45) is 2.76. The van der Waals surface area contributed by atoms with Crippen molar-refractivity contribution >= 4 is 23.4 Å². The number of nitrogens with zero attached hydrogens (tertiary/aromatic N) is 3. The Morgan fingerprint density at radius 3 is 2.49 bits per heavy atom. The average Bonchev–Trinajstić information content (AvgIpc) is 2.90. The molecule has 37 heavy (non-hydrogen) atoms. The molecule has 8 heteroatoms. The zero-order chi connectivity index (χ0) is 26.3. The van der Waals surface area contributed by atoms with Crippen molar-refractivity contribution < 1.29 is 19.1 Å². The van der Waals surface area contributed by atoms with Gasteiger partial charge in [-0.05, 0) is 68.7 Å². The molecule has 0 aromatic heterocycles. The van der Waals surface area contributed by atoms with E-state index >= 15 is 0 Å². The smallest absolute Gasteiger partial charge is 0.225 e. The van der Waals surface area contributed by atoms with Gasteiger partial charge in [0, 0.05) is 31.6 Å². The molecule has 7 nitrogen and oxygen atoms in total. The monoisotopic (exact) mass is 527 g/mol. The first-order chi connectivity index (χ1) is 17.8. The first-order valence-electron chi connectivity index (χ1n) is 13.1. The Morgan fingerprint density at radius 2 is 1.78 bits per heavy atom. The molecule has 2 aliphatic heterocycles. The minimum absolute atomic E-state index is 0.0480. The maximum Gasteiger partial charge on any atom is 0.225 e. The summed E-state index contributed by atoms with van der Waals surface area (Å²) >= 11 is 6.02. The van der Waals surface area contributed by atoms with Crippen LogP contribution in [0.2, 0.25) is 5.02 Å². The van der Waals surface area contributed by atoms with Crippen LogP contribution in [0.4, 0.5) is 0 Å². The second-order valence-electron chi connectivity index (χ2n) is 10.5. The highest BCUT2D eigenvalue weighted by molar-refractivity contribution is 6.30. The predicted molar refractivity (Wildman–Crippen MR) is 145 cm³/mol. The van der Waals surface area contributed by atoms with Crippen LogP contribution in [0.15, 0.2) is 54.6 Å². The van der Waals surface area contributed by atoms with Gasteiger partial charge in [-0.15, -0.1) is 0 Å². The number of carbonyl (C=O) groups excluding carboxylic acids is 2. The number of ether oxygens (including phenoxy) is 2. The quantitative estimate of drug-likeness (QED) is 0.491. The number of amides is 2. The standard InChI is InChI=1S/C29H38ClN3O4/c1-31-14-12-23(13-15-31)18-27(34)33-16-17-37-29(21-33,22-36-26-10-8-25(30)9-11-26)19-28(35)32(2)20-24-6-4-3-5-7-24/h3-11,23H,12-22H2,1-2H3/t29-/m1/s1. The molecule has 1 atom stereocenters. The van der Waals surface area contributed by atoms with Gasteiger partial charge in [-0.3, -0.25) is 9.59 Å². The van der Waals surface area contributed by atoms with Gasteiger partial charge in [0.05, 0.1) is 19.6 Å². The molecule has 2 fully saturated rings. The zero-order valence-electron chi connectivity index (χ0n) is 21.9. The first-order valence-corrected chi connectivity index (χ1v) is 13.5. The molecule has 2 saturated heterocycles. The van der Waals surface area contributed by atoms with Crippen molar-refractivity contribution in [3.8, 4) is 5.75 Å². The normalized spacial score (nSPS) is 21.0. The Balaban J connectivity index is 1.44. The van der Waals surface area contributed by atoms with Gasteiger partial charge in [0.1, 0.15) is 18.0 Å². The maximum atomic E-state index is 13.4. The number of hydrogen-bond acceptors (Lipinski definition) is 5. The molecule has 2 aliphatic rings. The van der Waals surface area contributed by atoms with E-state index in [9.17, 15) is 9.59 Å². The third-order valence-corrected chi connectivity index (χ3v) is 7.63. The summed E-state index contributed by atoms with van der Waals surface area (Å²) in [6.45, 7) is 3.96. The molecular formula is C29H38ClN3O4. The van der Waals surface area contributed by atoms with Gasteiger partial charge in [0.2, 0.25) is 11.8 Å². The van der Waals surface area contributed by atoms with Gasteiger partial charge in [-0.2, -0.15) is 0 Å². The first kappa shape index (κ1) is 27.4. The van der Waals surface area contributed by atoms with Gasteiger partial charge in [-0.1, -0.05) is 41.9 Å². The lowest BCUT2D eigenvalue weighted by Crippen LogP contribution is -2.58. The number of benzene rings is 2. The molecule has 0 saturated carbocycles. The fraction of sp³-hybridized carbons (Fsp3) is 0.517. The van der Waals surface area contributed by atoms with E-state index in [0.29, 0.717) is 49.4 Å². The lowest BCUT2D eigenvalue weighted by molar-refractivity contribution is -0.166. The Labute approximate surface area is 225 Å². The molecule has 0 aliphatic carbocycles. The van der Waals surface area contributed by atoms with E-state index in [-0.39, 0.29) is 24.8 Å². The zero-order valence-corrected chi connectivity index (χ0v) is 22.7. The highest BCUT2D eigenvalue weighted by atomic mass is 35.5. The Morgan fingerprint density at radius 1 is 1.08 bits per heavy atom. The molecular weight excluding hydrogens is 490 g/mol. The van der Waals surface area contributed by atoms with Crippen LogP contribution in [0.3, 0.4) is 0 Å². The fourth-order valence-corrected chi connectivity index (χ4v) is 5.17. The molecule has 4 rings (SSSR count).